The maximum absolute atomic E-state index is 12.0. The lowest BCUT2D eigenvalue weighted by molar-refractivity contribution is -0.157. The number of rotatable bonds is 4. The molecule has 0 N–H and O–H groups in total. The second kappa shape index (κ2) is 6.15. The Bertz CT molecular complexity index is 375. The van der Waals surface area contributed by atoms with Crippen molar-refractivity contribution >= 4 is 11.9 Å². The van der Waals surface area contributed by atoms with Crippen LogP contribution in [0.1, 0.15) is 59.3 Å². The van der Waals surface area contributed by atoms with Gasteiger partial charge in [-0.3, -0.25) is 9.59 Å². The molecule has 0 spiro atoms. The van der Waals surface area contributed by atoms with Gasteiger partial charge in [0, 0.05) is 6.42 Å². The number of esters is 2. The number of hydrogen-bond acceptors (Lipinski definition) is 4. The predicted octanol–water partition coefficient (Wildman–Crippen LogP) is 3.09. The summed E-state index contributed by atoms with van der Waals surface area (Å²) in [5.41, 5.74) is -0.403. The minimum absolute atomic E-state index is 0.0592. The number of carbonyl (C=O) groups is 2. The molecule has 4 nitrogen and oxygen atoms in total. The molecule has 4 heteroatoms. The molecule has 1 saturated carbocycles. The van der Waals surface area contributed by atoms with Gasteiger partial charge in [0.05, 0.1) is 12.0 Å². The molecule has 3 atom stereocenters. The van der Waals surface area contributed by atoms with Crippen LogP contribution in [0.2, 0.25) is 0 Å². The maximum Gasteiger partial charge on any atom is 0.311 e. The molecule has 3 unspecified atom stereocenters. The Hall–Kier alpha value is -1.06. The first-order valence-electron chi connectivity index (χ1n) is 7.77. The average molecular weight is 282 g/mol. The van der Waals surface area contributed by atoms with Crippen LogP contribution in [0.15, 0.2) is 0 Å². The second-order valence-corrected chi connectivity index (χ2v) is 6.93. The van der Waals surface area contributed by atoms with Gasteiger partial charge in [0.25, 0.3) is 0 Å². The molecule has 1 aliphatic carbocycles. The molecule has 2 aliphatic rings. The zero-order chi connectivity index (χ0) is 14.8. The molecule has 1 saturated heterocycles. The quantitative estimate of drug-likeness (QED) is 0.744. The lowest BCUT2D eigenvalue weighted by Crippen LogP contribution is -2.29. The summed E-state index contributed by atoms with van der Waals surface area (Å²) in [5, 5.41) is 0. The molecule has 0 amide bonds. The van der Waals surface area contributed by atoms with Crippen LogP contribution in [0.4, 0.5) is 0 Å². The van der Waals surface area contributed by atoms with Crippen molar-refractivity contribution in [3.8, 4) is 0 Å². The molecule has 2 bridgehead atoms. The second-order valence-electron chi connectivity index (χ2n) is 6.93. The fourth-order valence-electron chi connectivity index (χ4n) is 3.02. The van der Waals surface area contributed by atoms with E-state index >= 15 is 0 Å². The Morgan fingerprint density at radius 1 is 1.35 bits per heavy atom. The lowest BCUT2D eigenvalue weighted by atomic mass is 9.89. The van der Waals surface area contributed by atoms with Gasteiger partial charge in [-0.2, -0.15) is 0 Å². The third-order valence-electron chi connectivity index (χ3n) is 4.80. The van der Waals surface area contributed by atoms with Crippen molar-refractivity contribution in [1.29, 1.82) is 0 Å². The molecule has 20 heavy (non-hydrogen) atoms. The molecule has 0 aromatic heterocycles. The Kier molecular flexibility index (Phi) is 4.71. The Labute approximate surface area is 121 Å². The zero-order valence-corrected chi connectivity index (χ0v) is 12.8. The van der Waals surface area contributed by atoms with Crippen molar-refractivity contribution < 1.29 is 19.1 Å². The highest BCUT2D eigenvalue weighted by molar-refractivity contribution is 5.75. The highest BCUT2D eigenvalue weighted by atomic mass is 16.5. The molecule has 0 aromatic rings. The van der Waals surface area contributed by atoms with Crippen LogP contribution in [0, 0.1) is 17.3 Å². The van der Waals surface area contributed by atoms with E-state index in [0.717, 1.165) is 32.1 Å². The third kappa shape index (κ3) is 3.74. The molecular formula is C16H26O4. The summed E-state index contributed by atoms with van der Waals surface area (Å²) >= 11 is 0. The highest BCUT2D eigenvalue weighted by Gasteiger charge is 2.35. The number of fused-ring (bicyclic) bond motifs is 2. The highest BCUT2D eigenvalue weighted by Crippen LogP contribution is 2.35. The number of hydrogen-bond donors (Lipinski definition) is 0. The van der Waals surface area contributed by atoms with Gasteiger partial charge in [0.2, 0.25) is 0 Å². The molecule has 0 aromatic carbocycles. The largest absolute Gasteiger partial charge is 0.465 e. The van der Waals surface area contributed by atoms with E-state index in [0.29, 0.717) is 24.9 Å². The van der Waals surface area contributed by atoms with Crippen molar-refractivity contribution in [2.45, 2.75) is 65.4 Å². The van der Waals surface area contributed by atoms with Gasteiger partial charge in [0.15, 0.2) is 0 Å². The standard InChI is InChI=1S/C16H26O4/c1-4-16(2,3)15(18)19-10-11-5-6-13-8-12(7-11)9-14(17)20-13/h11-13H,4-10H2,1-3H3. The van der Waals surface area contributed by atoms with Gasteiger partial charge >= 0.3 is 11.9 Å². The summed E-state index contributed by atoms with van der Waals surface area (Å²) in [6.07, 6.45) is 5.25. The van der Waals surface area contributed by atoms with Crippen molar-refractivity contribution in [2.75, 3.05) is 6.61 Å². The third-order valence-corrected chi connectivity index (χ3v) is 4.80. The maximum atomic E-state index is 12.0. The molecule has 114 valence electrons. The van der Waals surface area contributed by atoms with Crippen molar-refractivity contribution in [3.05, 3.63) is 0 Å². The average Bonchev–Trinajstić information content (AvgIpc) is 2.54. The van der Waals surface area contributed by atoms with E-state index in [4.69, 9.17) is 9.47 Å². The summed E-state index contributed by atoms with van der Waals surface area (Å²) in [6, 6.07) is 0. The molecule has 1 heterocycles. The Balaban J connectivity index is 1.85. The monoisotopic (exact) mass is 282 g/mol. The van der Waals surface area contributed by atoms with Crippen LogP contribution in [0.3, 0.4) is 0 Å². The van der Waals surface area contributed by atoms with Crippen LogP contribution >= 0.6 is 0 Å². The van der Waals surface area contributed by atoms with Crippen molar-refractivity contribution in [2.24, 2.45) is 17.3 Å². The summed E-state index contributed by atoms with van der Waals surface area (Å²) in [6.45, 7) is 6.32. The van der Waals surface area contributed by atoms with E-state index in [9.17, 15) is 9.59 Å². The van der Waals surface area contributed by atoms with Gasteiger partial charge in [-0.25, -0.2) is 0 Å². The van der Waals surface area contributed by atoms with E-state index in [2.05, 4.69) is 0 Å². The molecule has 1 aliphatic heterocycles. The van der Waals surface area contributed by atoms with E-state index < -0.39 is 5.41 Å². The first-order chi connectivity index (χ1) is 9.40. The van der Waals surface area contributed by atoms with Crippen molar-refractivity contribution in [3.63, 3.8) is 0 Å². The smallest absolute Gasteiger partial charge is 0.311 e. The van der Waals surface area contributed by atoms with Gasteiger partial charge < -0.3 is 9.47 Å². The fraction of sp³-hybridized carbons (Fsp3) is 0.875. The topological polar surface area (TPSA) is 52.6 Å². The Morgan fingerprint density at radius 3 is 2.80 bits per heavy atom. The lowest BCUT2D eigenvalue weighted by Gasteiger charge is -2.26. The summed E-state index contributed by atoms with van der Waals surface area (Å²) < 4.78 is 10.8. The minimum Gasteiger partial charge on any atom is -0.465 e. The van der Waals surface area contributed by atoms with E-state index in [-0.39, 0.29) is 18.0 Å². The van der Waals surface area contributed by atoms with Crippen LogP contribution in [-0.4, -0.2) is 24.6 Å². The summed E-state index contributed by atoms with van der Waals surface area (Å²) in [4.78, 5) is 23.5. The molecule has 2 rings (SSSR count). The fourth-order valence-corrected chi connectivity index (χ4v) is 3.02. The van der Waals surface area contributed by atoms with Gasteiger partial charge in [-0.05, 0) is 57.8 Å². The van der Waals surface area contributed by atoms with E-state index in [1.807, 2.05) is 20.8 Å². The van der Waals surface area contributed by atoms with Crippen molar-refractivity contribution in [1.82, 2.24) is 0 Å². The van der Waals surface area contributed by atoms with Gasteiger partial charge in [-0.1, -0.05) is 6.92 Å². The summed E-state index contributed by atoms with van der Waals surface area (Å²) in [7, 11) is 0. The molecular weight excluding hydrogens is 256 g/mol. The number of carbonyl (C=O) groups excluding carboxylic acids is 2. The first kappa shape index (κ1) is 15.3. The summed E-state index contributed by atoms with van der Waals surface area (Å²) in [5.74, 6) is 0.610. The van der Waals surface area contributed by atoms with Gasteiger partial charge in [-0.15, -0.1) is 0 Å². The molecule has 2 fully saturated rings. The van der Waals surface area contributed by atoms with Crippen LogP contribution in [0.5, 0.6) is 0 Å². The minimum atomic E-state index is -0.403. The van der Waals surface area contributed by atoms with Crippen LogP contribution in [0.25, 0.3) is 0 Å². The van der Waals surface area contributed by atoms with Crippen LogP contribution in [-0.2, 0) is 19.1 Å². The van der Waals surface area contributed by atoms with Crippen LogP contribution < -0.4 is 0 Å². The normalized spacial score (nSPS) is 30.4. The van der Waals surface area contributed by atoms with Gasteiger partial charge in [0.1, 0.15) is 6.10 Å². The molecule has 0 radical (unpaired) electrons. The SMILES string of the molecule is CCC(C)(C)C(=O)OCC1CCC2CC(CC(=O)O2)C1. The number of ether oxygens (including phenoxy) is 2. The van der Waals surface area contributed by atoms with E-state index in [1.54, 1.807) is 0 Å². The van der Waals surface area contributed by atoms with E-state index in [1.165, 1.54) is 0 Å². The first-order valence-corrected chi connectivity index (χ1v) is 7.77. The zero-order valence-electron chi connectivity index (χ0n) is 12.8. The predicted molar refractivity (Wildman–Crippen MR) is 75.0 cm³/mol. The Morgan fingerprint density at radius 2 is 2.10 bits per heavy atom.